The molecule has 2 N–H and O–H groups in total. The maximum Gasteiger partial charge on any atom is 0.0750 e. The van der Waals surface area contributed by atoms with Gasteiger partial charge in [0.1, 0.15) is 0 Å². The van der Waals surface area contributed by atoms with Gasteiger partial charge in [0.25, 0.3) is 0 Å². The van der Waals surface area contributed by atoms with Gasteiger partial charge in [0.2, 0.25) is 0 Å². The summed E-state index contributed by atoms with van der Waals surface area (Å²) < 4.78 is 1.96. The average Bonchev–Trinajstić information content (AvgIpc) is 2.55. The fraction of sp³-hybridized carbons (Fsp3) is 0.125. The molecule has 0 spiro atoms. The van der Waals surface area contributed by atoms with Crippen molar-refractivity contribution in [3.05, 3.63) is 23.9 Å². The molecule has 2 rings (SSSR count). The fourth-order valence-electron chi connectivity index (χ4n) is 1.30. The standard InChI is InChI=1S/C8H9IN3P/c1-5-2-3-7-6(8(5)10)4-11-12(7)13-9/h2-4,13H,10H2,1H3. The molecule has 1 aromatic heterocycles. The van der Waals surface area contributed by atoms with Gasteiger partial charge in [-0.05, 0) is 40.6 Å². The van der Waals surface area contributed by atoms with Crippen LogP contribution in [0, 0.1) is 6.92 Å². The summed E-state index contributed by atoms with van der Waals surface area (Å²) >= 11 is 2.31. The number of nitrogens with zero attached hydrogens (tertiary/aromatic N) is 2. The van der Waals surface area contributed by atoms with Crippen molar-refractivity contribution in [2.24, 2.45) is 0 Å². The summed E-state index contributed by atoms with van der Waals surface area (Å²) in [6.07, 6.45) is 2.46. The van der Waals surface area contributed by atoms with E-state index in [9.17, 15) is 0 Å². The highest BCUT2D eigenvalue weighted by Crippen LogP contribution is 2.31. The maximum absolute atomic E-state index is 5.93. The molecule has 13 heavy (non-hydrogen) atoms. The van der Waals surface area contributed by atoms with Crippen LogP contribution in [-0.4, -0.2) is 9.55 Å². The second kappa shape index (κ2) is 3.42. The zero-order valence-corrected chi connectivity index (χ0v) is 10.2. The largest absolute Gasteiger partial charge is 0.398 e. The number of aromatic nitrogens is 2. The van der Waals surface area contributed by atoms with Gasteiger partial charge in [0.05, 0.1) is 18.1 Å². The Morgan fingerprint density at radius 3 is 3.00 bits per heavy atom. The van der Waals surface area contributed by atoms with Crippen LogP contribution in [0.3, 0.4) is 0 Å². The van der Waals surface area contributed by atoms with Gasteiger partial charge >= 0.3 is 0 Å². The van der Waals surface area contributed by atoms with Crippen LogP contribution in [0.2, 0.25) is 0 Å². The van der Waals surface area contributed by atoms with E-state index in [-0.39, 0.29) is 0 Å². The van der Waals surface area contributed by atoms with Crippen LogP contribution in [0.5, 0.6) is 0 Å². The van der Waals surface area contributed by atoms with E-state index in [1.165, 1.54) is 0 Å². The highest BCUT2D eigenvalue weighted by Gasteiger charge is 2.05. The van der Waals surface area contributed by atoms with Gasteiger partial charge in [-0.2, -0.15) is 5.10 Å². The lowest BCUT2D eigenvalue weighted by atomic mass is 10.1. The molecule has 1 atom stereocenters. The number of nitrogen functional groups attached to an aromatic ring is 1. The van der Waals surface area contributed by atoms with Crippen molar-refractivity contribution in [1.82, 2.24) is 9.55 Å². The van der Waals surface area contributed by atoms with E-state index >= 15 is 0 Å². The molecule has 2 aromatic rings. The molecule has 0 saturated heterocycles. The van der Waals surface area contributed by atoms with Gasteiger partial charge in [-0.1, -0.05) is 6.07 Å². The van der Waals surface area contributed by atoms with Crippen LogP contribution in [-0.2, 0) is 0 Å². The molecule has 0 aliphatic rings. The molecule has 0 aliphatic carbocycles. The van der Waals surface area contributed by atoms with Crippen LogP contribution in [0.15, 0.2) is 18.3 Å². The lowest BCUT2D eigenvalue weighted by Crippen LogP contribution is -1.90. The Hall–Kier alpha value is -0.350. The van der Waals surface area contributed by atoms with Crippen molar-refractivity contribution in [3.63, 3.8) is 0 Å². The van der Waals surface area contributed by atoms with Gasteiger partial charge in [0, 0.05) is 11.1 Å². The fourth-order valence-corrected chi connectivity index (χ4v) is 2.84. The zero-order valence-electron chi connectivity index (χ0n) is 7.08. The minimum atomic E-state index is 0.621. The summed E-state index contributed by atoms with van der Waals surface area (Å²) in [5.74, 6) is 0. The maximum atomic E-state index is 5.93. The summed E-state index contributed by atoms with van der Waals surface area (Å²) in [5.41, 5.74) is 9.02. The number of halogens is 1. The Balaban J connectivity index is 2.81. The van der Waals surface area contributed by atoms with E-state index in [1.54, 1.807) is 0 Å². The highest BCUT2D eigenvalue weighted by atomic mass is 127. The first kappa shape index (κ1) is 9.21. The third kappa shape index (κ3) is 1.42. The minimum Gasteiger partial charge on any atom is -0.398 e. The molecular formula is C8H9IN3P. The van der Waals surface area contributed by atoms with Crippen molar-refractivity contribution in [3.8, 4) is 0 Å². The molecule has 1 heterocycles. The SMILES string of the molecule is Cc1ccc2c(cnn2PI)c1N. The Labute approximate surface area is 91.0 Å². The molecule has 5 heteroatoms. The Morgan fingerprint density at radius 1 is 1.54 bits per heavy atom. The molecule has 3 nitrogen and oxygen atoms in total. The summed E-state index contributed by atoms with van der Waals surface area (Å²) in [4.78, 5) is 0. The summed E-state index contributed by atoms with van der Waals surface area (Å²) in [6, 6.07) is 4.10. The molecule has 0 bridgehead atoms. The topological polar surface area (TPSA) is 43.8 Å². The number of aryl methyl sites for hydroxylation is 1. The van der Waals surface area contributed by atoms with E-state index in [4.69, 9.17) is 5.73 Å². The monoisotopic (exact) mass is 305 g/mol. The molecule has 68 valence electrons. The highest BCUT2D eigenvalue weighted by molar-refractivity contribution is 14.2. The molecule has 0 aliphatic heterocycles. The first-order valence-corrected chi connectivity index (χ1v) is 7.89. The van der Waals surface area contributed by atoms with Gasteiger partial charge in [0.15, 0.2) is 0 Å². The minimum absolute atomic E-state index is 0.621. The first-order chi connectivity index (χ1) is 6.24. The summed E-state index contributed by atoms with van der Waals surface area (Å²) in [5, 5.41) is 5.32. The van der Waals surface area contributed by atoms with E-state index in [1.807, 2.05) is 23.6 Å². The Bertz CT molecular complexity index is 452. The number of anilines is 1. The van der Waals surface area contributed by atoms with Crippen molar-refractivity contribution >= 4 is 45.0 Å². The second-order valence-electron chi connectivity index (χ2n) is 2.87. The van der Waals surface area contributed by atoms with Crippen LogP contribution in [0.25, 0.3) is 10.9 Å². The van der Waals surface area contributed by atoms with E-state index in [0.717, 1.165) is 22.2 Å². The molecule has 0 saturated carbocycles. The van der Waals surface area contributed by atoms with Gasteiger partial charge in [-0.3, -0.25) is 0 Å². The normalized spacial score (nSPS) is 11.8. The summed E-state index contributed by atoms with van der Waals surface area (Å²) in [7, 11) is 0. The number of fused-ring (bicyclic) bond motifs is 1. The molecule has 0 radical (unpaired) electrons. The number of rotatable bonds is 1. The van der Waals surface area contributed by atoms with Crippen molar-refractivity contribution in [2.75, 3.05) is 5.73 Å². The predicted molar refractivity (Wildman–Crippen MR) is 66.6 cm³/mol. The van der Waals surface area contributed by atoms with Crippen molar-refractivity contribution < 1.29 is 0 Å². The quantitative estimate of drug-likeness (QED) is 0.500. The third-order valence-electron chi connectivity index (χ3n) is 2.09. The molecule has 1 unspecified atom stereocenters. The van der Waals surface area contributed by atoms with Crippen LogP contribution >= 0.6 is 28.4 Å². The van der Waals surface area contributed by atoms with Gasteiger partial charge in [-0.25, -0.2) is 4.45 Å². The molecule has 1 aromatic carbocycles. The lowest BCUT2D eigenvalue weighted by molar-refractivity contribution is 1.04. The molecule has 0 fully saturated rings. The van der Waals surface area contributed by atoms with E-state index in [2.05, 4.69) is 33.2 Å². The molecule has 0 amide bonds. The van der Waals surface area contributed by atoms with Crippen molar-refractivity contribution in [2.45, 2.75) is 6.92 Å². The number of hydrogen-bond acceptors (Lipinski definition) is 2. The Kier molecular flexibility index (Phi) is 2.43. The average molecular weight is 305 g/mol. The van der Waals surface area contributed by atoms with Crippen LogP contribution < -0.4 is 5.73 Å². The van der Waals surface area contributed by atoms with Gasteiger partial charge < -0.3 is 5.73 Å². The number of nitrogens with two attached hydrogens (primary N) is 1. The van der Waals surface area contributed by atoms with Crippen molar-refractivity contribution in [1.29, 1.82) is 0 Å². The second-order valence-corrected chi connectivity index (χ2v) is 4.91. The van der Waals surface area contributed by atoms with Crippen LogP contribution in [0.4, 0.5) is 5.69 Å². The predicted octanol–water partition coefficient (Wildman–Crippen LogP) is 2.72. The van der Waals surface area contributed by atoms with E-state index < -0.39 is 0 Å². The third-order valence-corrected chi connectivity index (χ3v) is 3.98. The van der Waals surface area contributed by atoms with Crippen LogP contribution in [0.1, 0.15) is 5.56 Å². The lowest BCUT2D eigenvalue weighted by Gasteiger charge is -2.01. The smallest absolute Gasteiger partial charge is 0.0750 e. The number of hydrogen-bond donors (Lipinski definition) is 1. The zero-order chi connectivity index (χ0) is 9.42. The number of benzene rings is 1. The van der Waals surface area contributed by atoms with E-state index in [0.29, 0.717) is 6.37 Å². The Morgan fingerprint density at radius 2 is 2.31 bits per heavy atom. The van der Waals surface area contributed by atoms with Gasteiger partial charge in [-0.15, -0.1) is 0 Å². The first-order valence-electron chi connectivity index (χ1n) is 3.83. The summed E-state index contributed by atoms with van der Waals surface area (Å²) in [6.45, 7) is 2.01. The molecular weight excluding hydrogens is 296 g/mol.